The van der Waals surface area contributed by atoms with Crippen LogP contribution < -0.4 is 10.6 Å². The van der Waals surface area contributed by atoms with Gasteiger partial charge in [0.1, 0.15) is 4.83 Å². The number of carbonyl (C=O) groups excluding carboxylic acids is 2. The number of aryl methyl sites for hydroxylation is 1. The van der Waals surface area contributed by atoms with Crippen LogP contribution in [0.15, 0.2) is 48.0 Å². The first kappa shape index (κ1) is 27.9. The number of rotatable bonds is 8. The van der Waals surface area contributed by atoms with E-state index >= 15 is 0 Å². The Hall–Kier alpha value is -3.68. The van der Waals surface area contributed by atoms with Gasteiger partial charge in [-0.05, 0) is 52.3 Å². The molecule has 1 saturated heterocycles. The summed E-state index contributed by atoms with van der Waals surface area (Å²) in [5, 5.41) is 10.1. The molecule has 13 heteroatoms. The number of carbonyl (C=O) groups is 2. The second-order valence-electron chi connectivity index (χ2n) is 10.6. The van der Waals surface area contributed by atoms with E-state index < -0.39 is 15.7 Å². The van der Waals surface area contributed by atoms with E-state index in [-0.39, 0.29) is 16.3 Å². The Morgan fingerprint density at radius 1 is 1.12 bits per heavy atom. The van der Waals surface area contributed by atoms with Gasteiger partial charge in [0.05, 0.1) is 38.5 Å². The molecular weight excluding hydrogens is 550 g/mol. The summed E-state index contributed by atoms with van der Waals surface area (Å²) < 4.78 is 25.4. The van der Waals surface area contributed by atoms with Crippen LogP contribution in [0.4, 0.5) is 5.69 Å². The van der Waals surface area contributed by atoms with E-state index in [0.717, 1.165) is 32.2 Å². The highest BCUT2D eigenvalue weighted by molar-refractivity contribution is 7.90. The number of nitrogens with zero attached hydrogens (tertiary/aromatic N) is 5. The van der Waals surface area contributed by atoms with E-state index in [1.54, 1.807) is 36.0 Å². The average molecular weight is 582 g/mol. The quantitative estimate of drug-likeness (QED) is 0.323. The smallest absolute Gasteiger partial charge is 0.260 e. The van der Waals surface area contributed by atoms with Crippen LogP contribution >= 0.6 is 11.3 Å². The zero-order valence-electron chi connectivity index (χ0n) is 22.8. The summed E-state index contributed by atoms with van der Waals surface area (Å²) in [6, 6.07) is 3.17. The third-order valence-electron chi connectivity index (χ3n) is 7.20. The Balaban J connectivity index is 1.30. The van der Waals surface area contributed by atoms with Crippen LogP contribution in [-0.2, 0) is 9.84 Å². The van der Waals surface area contributed by atoms with Crippen LogP contribution in [0.3, 0.4) is 0 Å². The molecule has 210 valence electrons. The van der Waals surface area contributed by atoms with Crippen molar-refractivity contribution in [3.8, 4) is 10.4 Å². The number of fused-ring (bicyclic) bond motifs is 1. The van der Waals surface area contributed by atoms with Crippen LogP contribution in [0.1, 0.15) is 53.1 Å². The van der Waals surface area contributed by atoms with Crippen molar-refractivity contribution in [2.45, 2.75) is 44.0 Å². The predicted molar refractivity (Wildman–Crippen MR) is 154 cm³/mol. The highest BCUT2D eigenvalue weighted by Crippen LogP contribution is 2.32. The lowest BCUT2D eigenvalue weighted by molar-refractivity contribution is 0.0938. The van der Waals surface area contributed by atoms with Crippen molar-refractivity contribution in [2.75, 3.05) is 31.2 Å². The summed E-state index contributed by atoms with van der Waals surface area (Å²) in [6.45, 7) is 8.53. The second kappa shape index (κ2) is 10.7. The van der Waals surface area contributed by atoms with Crippen LogP contribution in [-0.4, -0.2) is 76.1 Å². The topological polar surface area (TPSA) is 139 Å². The third kappa shape index (κ3) is 5.76. The van der Waals surface area contributed by atoms with E-state index in [0.29, 0.717) is 44.3 Å². The minimum Gasteiger partial charge on any atom is -0.351 e. The predicted octanol–water partition coefficient (Wildman–Crippen LogP) is 3.42. The molecule has 2 amide bonds. The Bertz CT molecular complexity index is 1710. The number of likely N-dealkylation sites (tertiary alicyclic amines) is 1. The van der Waals surface area contributed by atoms with Gasteiger partial charge in [-0.25, -0.2) is 12.9 Å². The number of hydrogen-bond donors (Lipinski definition) is 2. The van der Waals surface area contributed by atoms with Gasteiger partial charge in [0, 0.05) is 55.2 Å². The van der Waals surface area contributed by atoms with Crippen molar-refractivity contribution < 1.29 is 18.0 Å². The summed E-state index contributed by atoms with van der Waals surface area (Å²) in [7, 11) is -3.42. The van der Waals surface area contributed by atoms with Crippen LogP contribution in [0.2, 0.25) is 0 Å². The number of pyridine rings is 2. The standard InChI is InChI=1S/C27H31N7O4S2/c1-17-22(11-19(13-30-17)24(35)29-7-9-33-8-5-6-27(33,2)3)32-25(36)21-15-31-34-16-23(39-26(21)34)18-10-20(14-28-12-18)40(4,37)38/h10-16H,5-9H2,1-4H3,(H,29,35)(H,32,36). The van der Waals surface area contributed by atoms with Gasteiger partial charge in [-0.2, -0.15) is 5.10 Å². The van der Waals surface area contributed by atoms with Crippen molar-refractivity contribution in [1.29, 1.82) is 0 Å². The number of aromatic nitrogens is 4. The first-order chi connectivity index (χ1) is 18.9. The maximum absolute atomic E-state index is 13.3. The summed E-state index contributed by atoms with van der Waals surface area (Å²) in [5.41, 5.74) is 2.45. The van der Waals surface area contributed by atoms with Gasteiger partial charge >= 0.3 is 0 Å². The number of amides is 2. The lowest BCUT2D eigenvalue weighted by atomic mass is 10.0. The van der Waals surface area contributed by atoms with Crippen LogP contribution in [0.25, 0.3) is 15.3 Å². The summed E-state index contributed by atoms with van der Waals surface area (Å²) >= 11 is 1.29. The molecule has 0 atom stereocenters. The summed E-state index contributed by atoms with van der Waals surface area (Å²) in [5.74, 6) is -0.647. The third-order valence-corrected chi connectivity index (χ3v) is 9.44. The molecule has 0 radical (unpaired) electrons. The van der Waals surface area contributed by atoms with Gasteiger partial charge < -0.3 is 10.6 Å². The van der Waals surface area contributed by atoms with E-state index in [9.17, 15) is 18.0 Å². The lowest BCUT2D eigenvalue weighted by Gasteiger charge is -2.31. The molecule has 1 aliphatic rings. The van der Waals surface area contributed by atoms with Gasteiger partial charge in [-0.3, -0.25) is 24.5 Å². The van der Waals surface area contributed by atoms with Crippen molar-refractivity contribution in [2.24, 2.45) is 0 Å². The molecule has 40 heavy (non-hydrogen) atoms. The highest BCUT2D eigenvalue weighted by Gasteiger charge is 2.31. The van der Waals surface area contributed by atoms with Crippen molar-refractivity contribution >= 4 is 43.5 Å². The molecule has 4 aromatic rings. The molecule has 11 nitrogen and oxygen atoms in total. The Morgan fingerprint density at radius 2 is 1.93 bits per heavy atom. The van der Waals surface area contributed by atoms with E-state index in [4.69, 9.17) is 0 Å². The number of hydrogen-bond acceptors (Lipinski definition) is 9. The van der Waals surface area contributed by atoms with Crippen molar-refractivity contribution in [3.63, 3.8) is 0 Å². The summed E-state index contributed by atoms with van der Waals surface area (Å²) in [4.78, 5) is 38.2. The normalized spacial score (nSPS) is 15.4. The fraction of sp³-hybridized carbons (Fsp3) is 0.370. The zero-order valence-corrected chi connectivity index (χ0v) is 24.4. The number of sulfone groups is 1. The van der Waals surface area contributed by atoms with Crippen LogP contribution in [0.5, 0.6) is 0 Å². The average Bonchev–Trinajstić information content (AvgIpc) is 3.59. The minimum atomic E-state index is -3.42. The van der Waals surface area contributed by atoms with Gasteiger partial charge in [-0.1, -0.05) is 0 Å². The molecule has 1 aliphatic heterocycles. The number of anilines is 1. The Labute approximate surface area is 236 Å². The molecule has 0 spiro atoms. The Kier molecular flexibility index (Phi) is 7.46. The second-order valence-corrected chi connectivity index (χ2v) is 13.6. The van der Waals surface area contributed by atoms with E-state index in [2.05, 4.69) is 44.4 Å². The molecule has 1 fully saturated rings. The van der Waals surface area contributed by atoms with Gasteiger partial charge in [0.2, 0.25) is 0 Å². The monoisotopic (exact) mass is 581 g/mol. The molecule has 0 unspecified atom stereocenters. The summed E-state index contributed by atoms with van der Waals surface area (Å²) in [6.07, 6.45) is 11.0. The van der Waals surface area contributed by atoms with E-state index in [1.807, 2.05) is 0 Å². The zero-order chi connectivity index (χ0) is 28.7. The highest BCUT2D eigenvalue weighted by atomic mass is 32.2. The maximum Gasteiger partial charge on any atom is 0.260 e. The molecule has 5 rings (SSSR count). The molecular formula is C27H31N7O4S2. The van der Waals surface area contributed by atoms with Crippen LogP contribution in [0, 0.1) is 6.92 Å². The van der Waals surface area contributed by atoms with Gasteiger partial charge in [0.15, 0.2) is 9.84 Å². The largest absolute Gasteiger partial charge is 0.351 e. The SMILES string of the molecule is Cc1ncc(C(=O)NCCN2CCCC2(C)C)cc1NC(=O)c1cnn2cc(-c3cncc(S(C)(=O)=O)c3)sc12. The molecule has 4 aromatic heterocycles. The van der Waals surface area contributed by atoms with Crippen molar-refractivity contribution in [3.05, 3.63) is 59.9 Å². The first-order valence-corrected chi connectivity index (χ1v) is 15.6. The fourth-order valence-electron chi connectivity index (χ4n) is 4.79. The fourth-order valence-corrected chi connectivity index (χ4v) is 6.42. The minimum absolute atomic E-state index is 0.112. The molecule has 0 aliphatic carbocycles. The van der Waals surface area contributed by atoms with E-state index in [1.165, 1.54) is 29.9 Å². The molecule has 0 saturated carbocycles. The Morgan fingerprint density at radius 3 is 2.65 bits per heavy atom. The van der Waals surface area contributed by atoms with Crippen molar-refractivity contribution in [1.82, 2.24) is 29.8 Å². The maximum atomic E-state index is 13.3. The first-order valence-electron chi connectivity index (χ1n) is 12.9. The van der Waals surface area contributed by atoms with Gasteiger partial charge in [-0.15, -0.1) is 11.3 Å². The molecule has 0 bridgehead atoms. The number of nitrogens with one attached hydrogen (secondary N) is 2. The molecule has 5 heterocycles. The van der Waals surface area contributed by atoms with Gasteiger partial charge in [0.25, 0.3) is 11.8 Å². The molecule has 0 aromatic carbocycles. The number of thiazole rings is 1. The lowest BCUT2D eigenvalue weighted by Crippen LogP contribution is -2.43. The molecule has 2 N–H and O–H groups in total.